The summed E-state index contributed by atoms with van der Waals surface area (Å²) in [5.74, 6) is -0.349. The summed E-state index contributed by atoms with van der Waals surface area (Å²) in [4.78, 5) is 11.9. The van der Waals surface area contributed by atoms with Crippen LogP contribution in [0.4, 0.5) is 0 Å². The molecule has 1 aromatic carbocycles. The second-order valence-corrected chi connectivity index (χ2v) is 9.07. The van der Waals surface area contributed by atoms with Gasteiger partial charge < -0.3 is 4.74 Å². The molecule has 0 aliphatic carbocycles. The molecule has 0 aliphatic heterocycles. The third-order valence-corrected chi connectivity index (χ3v) is 6.78. The van der Waals surface area contributed by atoms with Crippen molar-refractivity contribution < 1.29 is 17.9 Å². The highest BCUT2D eigenvalue weighted by molar-refractivity contribution is 9.10. The van der Waals surface area contributed by atoms with Gasteiger partial charge in [-0.2, -0.15) is 4.31 Å². The van der Waals surface area contributed by atoms with E-state index in [2.05, 4.69) is 15.9 Å². The largest absolute Gasteiger partial charge is 0.424 e. The molecular formula is C13H11BrClNO4S2. The smallest absolute Gasteiger partial charge is 0.326 e. The van der Waals surface area contributed by atoms with Gasteiger partial charge in [-0.05, 0) is 40.2 Å². The molecule has 5 nitrogen and oxygen atoms in total. The van der Waals surface area contributed by atoms with Crippen molar-refractivity contribution >= 4 is 54.9 Å². The van der Waals surface area contributed by atoms with Crippen LogP contribution in [-0.4, -0.2) is 32.3 Å². The molecule has 0 bridgehead atoms. The molecular weight excluding hydrogens is 414 g/mol. The molecule has 2 rings (SSSR count). The number of ether oxygens (including phenoxy) is 1. The zero-order valence-corrected chi connectivity index (χ0v) is 15.3. The lowest BCUT2D eigenvalue weighted by Gasteiger charge is -2.15. The van der Waals surface area contributed by atoms with Crippen molar-refractivity contribution in [2.24, 2.45) is 0 Å². The summed E-state index contributed by atoms with van der Waals surface area (Å²) < 4.78 is 31.6. The average Bonchev–Trinajstić information content (AvgIpc) is 2.88. The number of hydrogen-bond acceptors (Lipinski definition) is 5. The third-order valence-electron chi connectivity index (χ3n) is 2.63. The van der Waals surface area contributed by atoms with E-state index in [1.54, 1.807) is 24.3 Å². The van der Waals surface area contributed by atoms with Gasteiger partial charge in [0.1, 0.15) is 16.5 Å². The number of halogens is 2. The van der Waals surface area contributed by atoms with E-state index in [-0.39, 0.29) is 4.21 Å². The third kappa shape index (κ3) is 4.08. The highest BCUT2D eigenvalue weighted by atomic mass is 79.9. The van der Waals surface area contributed by atoms with E-state index in [0.717, 1.165) is 15.6 Å². The number of para-hydroxylation sites is 1. The maximum absolute atomic E-state index is 12.3. The van der Waals surface area contributed by atoms with Gasteiger partial charge >= 0.3 is 5.97 Å². The molecule has 0 N–H and O–H groups in total. The predicted molar refractivity (Wildman–Crippen MR) is 88.9 cm³/mol. The Bertz CT molecular complexity index is 791. The fourth-order valence-corrected chi connectivity index (χ4v) is 4.71. The number of sulfonamides is 1. The molecule has 22 heavy (non-hydrogen) atoms. The average molecular weight is 425 g/mol. The van der Waals surface area contributed by atoms with Crippen LogP contribution in [0.25, 0.3) is 0 Å². The van der Waals surface area contributed by atoms with Gasteiger partial charge in [0.2, 0.25) is 0 Å². The number of rotatable bonds is 5. The molecule has 0 atom stereocenters. The van der Waals surface area contributed by atoms with Crippen molar-refractivity contribution in [3.05, 3.63) is 45.2 Å². The van der Waals surface area contributed by atoms with E-state index < -0.39 is 22.5 Å². The topological polar surface area (TPSA) is 63.7 Å². The molecule has 0 spiro atoms. The molecule has 0 radical (unpaired) electrons. The maximum Gasteiger partial charge on any atom is 0.326 e. The van der Waals surface area contributed by atoms with Crippen LogP contribution in [-0.2, 0) is 14.8 Å². The van der Waals surface area contributed by atoms with Crippen LogP contribution in [0.5, 0.6) is 5.75 Å². The minimum Gasteiger partial charge on any atom is -0.424 e. The number of thiophene rings is 1. The van der Waals surface area contributed by atoms with Crippen LogP contribution in [0.2, 0.25) is 4.34 Å². The number of carbonyl (C=O) groups excluding carboxylic acids is 1. The first-order chi connectivity index (χ1) is 10.3. The summed E-state index contributed by atoms with van der Waals surface area (Å²) >= 11 is 9.92. The molecule has 118 valence electrons. The van der Waals surface area contributed by atoms with Crippen LogP contribution in [0.15, 0.2) is 45.1 Å². The van der Waals surface area contributed by atoms with E-state index >= 15 is 0 Å². The molecule has 0 saturated carbocycles. The summed E-state index contributed by atoms with van der Waals surface area (Å²) in [7, 11) is -2.45. The number of benzene rings is 1. The SMILES string of the molecule is CN(CC(=O)Oc1ccccc1Br)S(=O)(=O)c1ccc(Cl)s1. The number of carbonyl (C=O) groups is 1. The van der Waals surface area contributed by atoms with Crippen LogP contribution >= 0.6 is 38.9 Å². The van der Waals surface area contributed by atoms with Gasteiger partial charge in [-0.25, -0.2) is 8.42 Å². The fourth-order valence-electron chi connectivity index (χ4n) is 1.54. The highest BCUT2D eigenvalue weighted by Crippen LogP contribution is 2.28. The summed E-state index contributed by atoms with van der Waals surface area (Å²) in [6, 6.07) is 9.70. The Morgan fingerprint density at radius 3 is 2.59 bits per heavy atom. The van der Waals surface area contributed by atoms with E-state index in [0.29, 0.717) is 14.6 Å². The molecule has 1 heterocycles. The predicted octanol–water partition coefficient (Wildman–Crippen LogP) is 3.39. The Hall–Kier alpha value is -0.930. The second-order valence-electron chi connectivity index (χ2n) is 4.22. The molecule has 9 heteroatoms. The molecule has 2 aromatic rings. The summed E-state index contributed by atoms with van der Waals surface area (Å²) in [6.07, 6.45) is 0. The van der Waals surface area contributed by atoms with Gasteiger partial charge in [-0.1, -0.05) is 23.7 Å². The van der Waals surface area contributed by atoms with Crippen molar-refractivity contribution in [3.63, 3.8) is 0 Å². The minimum absolute atomic E-state index is 0.0775. The number of hydrogen-bond donors (Lipinski definition) is 0. The summed E-state index contributed by atoms with van der Waals surface area (Å²) in [6.45, 7) is -0.404. The van der Waals surface area contributed by atoms with Crippen molar-refractivity contribution in [3.8, 4) is 5.75 Å². The normalized spacial score (nSPS) is 11.6. The van der Waals surface area contributed by atoms with Gasteiger partial charge in [-0.3, -0.25) is 4.79 Å². The van der Waals surface area contributed by atoms with Crippen molar-refractivity contribution in [2.75, 3.05) is 13.6 Å². The first kappa shape index (κ1) is 17.4. The minimum atomic E-state index is -3.76. The van der Waals surface area contributed by atoms with E-state index in [9.17, 15) is 13.2 Å². The molecule has 0 fully saturated rings. The van der Waals surface area contributed by atoms with Gasteiger partial charge in [0.15, 0.2) is 0 Å². The number of esters is 1. The van der Waals surface area contributed by atoms with Crippen molar-refractivity contribution in [2.45, 2.75) is 4.21 Å². The molecule has 0 unspecified atom stereocenters. The van der Waals surface area contributed by atoms with Gasteiger partial charge in [-0.15, -0.1) is 11.3 Å². The standard InChI is InChI=1S/C13H11BrClNO4S2/c1-16(22(18,19)13-7-6-11(15)21-13)8-12(17)20-10-5-3-2-4-9(10)14/h2-7H,8H2,1H3. The lowest BCUT2D eigenvalue weighted by atomic mass is 10.3. The van der Waals surface area contributed by atoms with Crippen LogP contribution in [0.3, 0.4) is 0 Å². The Kier molecular flexibility index (Phi) is 5.62. The Labute approximate surface area is 145 Å². The second kappa shape index (κ2) is 7.10. The zero-order chi connectivity index (χ0) is 16.3. The maximum atomic E-state index is 12.3. The number of likely N-dealkylation sites (N-methyl/N-ethyl adjacent to an activating group) is 1. The molecule has 0 amide bonds. The first-order valence-electron chi connectivity index (χ1n) is 5.97. The fraction of sp³-hybridized carbons (Fsp3) is 0.154. The number of nitrogens with zero attached hydrogens (tertiary/aromatic N) is 1. The van der Waals surface area contributed by atoms with Gasteiger partial charge in [0, 0.05) is 7.05 Å². The Balaban J connectivity index is 2.07. The summed E-state index contributed by atoms with van der Waals surface area (Å²) in [5.41, 5.74) is 0. The lowest BCUT2D eigenvalue weighted by molar-refractivity contribution is -0.134. The molecule has 0 saturated heterocycles. The molecule has 0 aliphatic rings. The lowest BCUT2D eigenvalue weighted by Crippen LogP contribution is -2.33. The van der Waals surface area contributed by atoms with Crippen molar-refractivity contribution in [1.82, 2.24) is 4.31 Å². The quantitative estimate of drug-likeness (QED) is 0.545. The first-order valence-corrected chi connectivity index (χ1v) is 9.40. The van der Waals surface area contributed by atoms with E-state index in [4.69, 9.17) is 16.3 Å². The Morgan fingerprint density at radius 2 is 2.00 bits per heavy atom. The van der Waals surface area contributed by atoms with Crippen LogP contribution < -0.4 is 4.74 Å². The zero-order valence-electron chi connectivity index (χ0n) is 11.3. The monoisotopic (exact) mass is 423 g/mol. The van der Waals surface area contributed by atoms with Gasteiger partial charge in [0.05, 0.1) is 8.81 Å². The van der Waals surface area contributed by atoms with E-state index in [1.807, 2.05) is 0 Å². The van der Waals surface area contributed by atoms with Crippen molar-refractivity contribution in [1.29, 1.82) is 0 Å². The molecule has 1 aromatic heterocycles. The van der Waals surface area contributed by atoms with Crippen LogP contribution in [0.1, 0.15) is 0 Å². The highest BCUT2D eigenvalue weighted by Gasteiger charge is 2.25. The van der Waals surface area contributed by atoms with Gasteiger partial charge in [0.25, 0.3) is 10.0 Å². The van der Waals surface area contributed by atoms with E-state index in [1.165, 1.54) is 19.2 Å². The summed E-state index contributed by atoms with van der Waals surface area (Å²) in [5, 5.41) is 0. The van der Waals surface area contributed by atoms with Crippen LogP contribution in [0, 0.1) is 0 Å². The Morgan fingerprint density at radius 1 is 1.32 bits per heavy atom.